The summed E-state index contributed by atoms with van der Waals surface area (Å²) in [7, 11) is 0. The SMILES string of the molecule is CC[C@H]1O[C@@H](C(F)(F)F)CNC1=O. The molecule has 1 N–H and O–H groups in total. The average Bonchev–Trinajstić information content (AvgIpc) is 2.03. The van der Waals surface area contributed by atoms with Crippen LogP contribution in [0.15, 0.2) is 0 Å². The van der Waals surface area contributed by atoms with E-state index in [0.717, 1.165) is 0 Å². The number of ether oxygens (including phenoxy) is 1. The van der Waals surface area contributed by atoms with E-state index in [0.29, 0.717) is 0 Å². The Morgan fingerprint density at radius 3 is 2.69 bits per heavy atom. The van der Waals surface area contributed by atoms with Crippen molar-refractivity contribution in [3.63, 3.8) is 0 Å². The van der Waals surface area contributed by atoms with Crippen molar-refractivity contribution in [2.75, 3.05) is 6.54 Å². The maximum Gasteiger partial charge on any atom is 0.416 e. The molecule has 1 fully saturated rings. The molecule has 0 aromatic heterocycles. The minimum atomic E-state index is -4.40. The molecule has 0 saturated carbocycles. The fraction of sp³-hybridized carbons (Fsp3) is 0.857. The van der Waals surface area contributed by atoms with Gasteiger partial charge in [-0.15, -0.1) is 0 Å². The lowest BCUT2D eigenvalue weighted by atomic mass is 10.2. The fourth-order valence-corrected chi connectivity index (χ4v) is 1.09. The average molecular weight is 197 g/mol. The Balaban J connectivity index is 2.60. The summed E-state index contributed by atoms with van der Waals surface area (Å²) in [6.07, 6.45) is -6.99. The lowest BCUT2D eigenvalue weighted by molar-refractivity contribution is -0.237. The van der Waals surface area contributed by atoms with Crippen LogP contribution in [0.1, 0.15) is 13.3 Å². The van der Waals surface area contributed by atoms with E-state index in [1.54, 1.807) is 6.92 Å². The number of alkyl halides is 3. The van der Waals surface area contributed by atoms with Gasteiger partial charge in [-0.2, -0.15) is 13.2 Å². The monoisotopic (exact) mass is 197 g/mol. The number of rotatable bonds is 1. The van der Waals surface area contributed by atoms with Crippen LogP contribution in [0, 0.1) is 0 Å². The highest BCUT2D eigenvalue weighted by molar-refractivity contribution is 5.81. The second kappa shape index (κ2) is 3.53. The van der Waals surface area contributed by atoms with Crippen LogP contribution in [0.25, 0.3) is 0 Å². The first kappa shape index (κ1) is 10.3. The molecule has 1 saturated heterocycles. The summed E-state index contributed by atoms with van der Waals surface area (Å²) < 4.78 is 40.9. The molecule has 76 valence electrons. The van der Waals surface area contributed by atoms with E-state index in [4.69, 9.17) is 0 Å². The van der Waals surface area contributed by atoms with Gasteiger partial charge in [0.1, 0.15) is 6.10 Å². The standard InChI is InChI=1S/C7H10F3NO2/c1-2-4-6(12)11-3-5(13-4)7(8,9)10/h4-5H,2-3H2,1H3,(H,11,12)/t4-,5-/m1/s1. The highest BCUT2D eigenvalue weighted by Crippen LogP contribution is 2.25. The highest BCUT2D eigenvalue weighted by Gasteiger charge is 2.45. The predicted molar refractivity (Wildman–Crippen MR) is 38.0 cm³/mol. The number of carbonyl (C=O) groups excluding carboxylic acids is 1. The third kappa shape index (κ3) is 2.33. The van der Waals surface area contributed by atoms with Gasteiger partial charge in [-0.3, -0.25) is 4.79 Å². The van der Waals surface area contributed by atoms with Crippen molar-refractivity contribution in [2.45, 2.75) is 31.7 Å². The molecule has 6 heteroatoms. The van der Waals surface area contributed by atoms with Gasteiger partial charge in [0.15, 0.2) is 6.10 Å². The molecule has 1 aliphatic heterocycles. The maximum absolute atomic E-state index is 12.1. The summed E-state index contributed by atoms with van der Waals surface area (Å²) in [6.45, 7) is 1.11. The summed E-state index contributed by atoms with van der Waals surface area (Å²) in [5, 5.41) is 2.16. The van der Waals surface area contributed by atoms with Crippen molar-refractivity contribution in [1.29, 1.82) is 0 Å². The second-order valence-corrected chi connectivity index (χ2v) is 2.81. The Labute approximate surface area is 73.2 Å². The largest absolute Gasteiger partial charge is 0.416 e. The maximum atomic E-state index is 12.1. The first-order valence-electron chi connectivity index (χ1n) is 3.95. The van der Waals surface area contributed by atoms with Crippen molar-refractivity contribution in [2.24, 2.45) is 0 Å². The zero-order valence-electron chi connectivity index (χ0n) is 7.02. The van der Waals surface area contributed by atoms with Crippen molar-refractivity contribution in [1.82, 2.24) is 5.32 Å². The van der Waals surface area contributed by atoms with Crippen LogP contribution in [0.5, 0.6) is 0 Å². The molecule has 3 nitrogen and oxygen atoms in total. The van der Waals surface area contributed by atoms with E-state index in [9.17, 15) is 18.0 Å². The van der Waals surface area contributed by atoms with Gasteiger partial charge in [0, 0.05) is 0 Å². The predicted octanol–water partition coefficient (Wildman–Crippen LogP) is 0.842. The third-order valence-electron chi connectivity index (χ3n) is 1.82. The molecule has 0 aliphatic carbocycles. The minimum absolute atomic E-state index is 0.248. The quantitative estimate of drug-likeness (QED) is 0.676. The molecule has 0 spiro atoms. The van der Waals surface area contributed by atoms with Gasteiger partial charge in [0.05, 0.1) is 6.54 Å². The van der Waals surface area contributed by atoms with E-state index in [-0.39, 0.29) is 6.42 Å². The fourth-order valence-electron chi connectivity index (χ4n) is 1.09. The minimum Gasteiger partial charge on any atom is -0.354 e. The van der Waals surface area contributed by atoms with E-state index < -0.39 is 30.8 Å². The van der Waals surface area contributed by atoms with Gasteiger partial charge < -0.3 is 10.1 Å². The summed E-state index contributed by atoms with van der Waals surface area (Å²) in [6, 6.07) is 0. The van der Waals surface area contributed by atoms with Crippen LogP contribution < -0.4 is 5.32 Å². The van der Waals surface area contributed by atoms with E-state index in [1.165, 1.54) is 0 Å². The summed E-state index contributed by atoms with van der Waals surface area (Å²) in [5.74, 6) is -0.469. The molecule has 0 aromatic rings. The Hall–Kier alpha value is -0.780. The third-order valence-corrected chi connectivity index (χ3v) is 1.82. The van der Waals surface area contributed by atoms with Crippen molar-refractivity contribution in [3.05, 3.63) is 0 Å². The van der Waals surface area contributed by atoms with Gasteiger partial charge >= 0.3 is 6.18 Å². The first-order valence-corrected chi connectivity index (χ1v) is 3.95. The van der Waals surface area contributed by atoms with Crippen molar-refractivity contribution < 1.29 is 22.7 Å². The molecule has 2 atom stereocenters. The number of amides is 1. The Kier molecular flexibility index (Phi) is 2.80. The number of nitrogens with one attached hydrogen (secondary N) is 1. The lowest BCUT2D eigenvalue weighted by Gasteiger charge is -2.30. The van der Waals surface area contributed by atoms with E-state index in [1.807, 2.05) is 0 Å². The van der Waals surface area contributed by atoms with E-state index >= 15 is 0 Å². The second-order valence-electron chi connectivity index (χ2n) is 2.81. The Morgan fingerprint density at radius 1 is 1.62 bits per heavy atom. The van der Waals surface area contributed by atoms with Crippen molar-refractivity contribution in [3.8, 4) is 0 Å². The molecule has 1 aliphatic rings. The molecule has 1 heterocycles. The van der Waals surface area contributed by atoms with Crippen LogP contribution >= 0.6 is 0 Å². The molecule has 0 unspecified atom stereocenters. The molecule has 0 bridgehead atoms. The molecule has 0 aromatic carbocycles. The van der Waals surface area contributed by atoms with Crippen LogP contribution in [-0.2, 0) is 9.53 Å². The van der Waals surface area contributed by atoms with Gasteiger partial charge in [-0.25, -0.2) is 0 Å². The summed E-state index contributed by atoms with van der Waals surface area (Å²) >= 11 is 0. The lowest BCUT2D eigenvalue weighted by Crippen LogP contribution is -2.54. The molecule has 1 rings (SSSR count). The summed E-state index contributed by atoms with van der Waals surface area (Å²) in [5.41, 5.74) is 0. The zero-order valence-corrected chi connectivity index (χ0v) is 7.02. The Morgan fingerprint density at radius 2 is 2.23 bits per heavy atom. The van der Waals surface area contributed by atoms with E-state index in [2.05, 4.69) is 10.1 Å². The molecular weight excluding hydrogens is 187 g/mol. The molecule has 13 heavy (non-hydrogen) atoms. The van der Waals surface area contributed by atoms with Gasteiger partial charge in [0.25, 0.3) is 0 Å². The van der Waals surface area contributed by atoms with Crippen molar-refractivity contribution >= 4 is 5.91 Å². The van der Waals surface area contributed by atoms with Crippen LogP contribution in [-0.4, -0.2) is 30.8 Å². The number of hydrogen-bond donors (Lipinski definition) is 1. The van der Waals surface area contributed by atoms with Gasteiger partial charge in [0.2, 0.25) is 5.91 Å². The van der Waals surface area contributed by atoms with Gasteiger partial charge in [-0.1, -0.05) is 6.92 Å². The number of morpholine rings is 1. The molecular formula is C7H10F3NO2. The Bertz CT molecular complexity index is 204. The summed E-state index contributed by atoms with van der Waals surface area (Å²) in [4.78, 5) is 10.9. The first-order chi connectivity index (χ1) is 5.95. The normalized spacial score (nSPS) is 30.0. The highest BCUT2D eigenvalue weighted by atomic mass is 19.4. The molecule has 0 radical (unpaired) electrons. The van der Waals surface area contributed by atoms with Crippen LogP contribution in [0.3, 0.4) is 0 Å². The number of halogens is 3. The smallest absolute Gasteiger partial charge is 0.354 e. The number of hydrogen-bond acceptors (Lipinski definition) is 2. The van der Waals surface area contributed by atoms with Crippen LogP contribution in [0.2, 0.25) is 0 Å². The number of carbonyl (C=O) groups is 1. The molecule has 1 amide bonds. The van der Waals surface area contributed by atoms with Gasteiger partial charge in [-0.05, 0) is 6.42 Å². The van der Waals surface area contributed by atoms with Crippen LogP contribution in [0.4, 0.5) is 13.2 Å². The zero-order chi connectivity index (χ0) is 10.1. The topological polar surface area (TPSA) is 38.3 Å².